The predicted molar refractivity (Wildman–Crippen MR) is 216 cm³/mol. The minimum atomic E-state index is -4.66. The number of halogens is 3. The van der Waals surface area contributed by atoms with E-state index in [4.69, 9.17) is 4.74 Å². The summed E-state index contributed by atoms with van der Waals surface area (Å²) in [7, 11) is 0. The minimum Gasteiger partial charge on any atom is -0.492 e. The van der Waals surface area contributed by atoms with Crippen molar-refractivity contribution in [3.63, 3.8) is 0 Å². The maximum atomic E-state index is 15.3. The number of hydrogen-bond acceptors (Lipinski definition) is 8. The van der Waals surface area contributed by atoms with Crippen LogP contribution >= 0.6 is 0 Å². The lowest BCUT2D eigenvalue weighted by atomic mass is 9.85. The molecule has 0 aliphatic carbocycles. The van der Waals surface area contributed by atoms with Gasteiger partial charge in [-0.15, -0.1) is 0 Å². The van der Waals surface area contributed by atoms with Crippen molar-refractivity contribution in [1.82, 2.24) is 20.9 Å². The van der Waals surface area contributed by atoms with Crippen molar-refractivity contribution in [1.29, 1.82) is 0 Å². The van der Waals surface area contributed by atoms with E-state index < -0.39 is 47.9 Å². The number of carboxylic acids is 3. The topological polar surface area (TPSA) is 160 Å². The van der Waals surface area contributed by atoms with E-state index in [1.54, 1.807) is 60.7 Å². The second-order valence-corrected chi connectivity index (χ2v) is 16.6. The maximum Gasteiger partial charge on any atom is 0.404 e. The van der Waals surface area contributed by atoms with Crippen molar-refractivity contribution >= 4 is 17.9 Å². The van der Waals surface area contributed by atoms with Crippen molar-refractivity contribution in [2.24, 2.45) is 35.5 Å². The summed E-state index contributed by atoms with van der Waals surface area (Å²) in [5, 5.41) is 39.7. The summed E-state index contributed by atoms with van der Waals surface area (Å²) in [6.07, 6.45) is -2.00. The molecule has 3 aromatic rings. The molecule has 7 atom stereocenters. The largest absolute Gasteiger partial charge is 0.492 e. The lowest BCUT2D eigenvalue weighted by Gasteiger charge is -2.33. The molecule has 11 nitrogen and oxygen atoms in total. The summed E-state index contributed by atoms with van der Waals surface area (Å²) in [6, 6.07) is 19.0. The number of aliphatic carboxylic acids is 3. The normalized spacial score (nSPS) is 21.6. The third-order valence-corrected chi connectivity index (χ3v) is 12.5. The number of hydrogen-bond donors (Lipinski definition) is 6. The second kappa shape index (κ2) is 20.7. The van der Waals surface area contributed by atoms with Crippen molar-refractivity contribution in [2.75, 3.05) is 52.4 Å². The molecule has 3 aliphatic heterocycles. The van der Waals surface area contributed by atoms with Crippen molar-refractivity contribution < 1.29 is 47.6 Å². The number of alkyl halides is 3. The van der Waals surface area contributed by atoms with Crippen LogP contribution < -0.4 is 20.7 Å². The van der Waals surface area contributed by atoms with Gasteiger partial charge in [0.25, 0.3) is 0 Å². The van der Waals surface area contributed by atoms with E-state index in [1.165, 1.54) is 4.90 Å². The van der Waals surface area contributed by atoms with Gasteiger partial charge in [0.05, 0.1) is 17.8 Å². The fourth-order valence-corrected chi connectivity index (χ4v) is 9.23. The van der Waals surface area contributed by atoms with Crippen LogP contribution in [0.3, 0.4) is 0 Å². The molecular weight excluding hydrogens is 766 g/mol. The molecule has 320 valence electrons. The van der Waals surface area contributed by atoms with E-state index in [2.05, 4.69) is 16.0 Å². The first-order valence-corrected chi connectivity index (χ1v) is 20.8. The number of nitrogens with zero attached hydrogens (tertiary/aromatic N) is 1. The zero-order chi connectivity index (χ0) is 41.9. The molecular formula is C45H57F3N4O7. The van der Waals surface area contributed by atoms with Crippen molar-refractivity contribution in [2.45, 2.75) is 63.7 Å². The van der Waals surface area contributed by atoms with Gasteiger partial charge < -0.3 is 36.0 Å². The third-order valence-electron chi connectivity index (χ3n) is 12.5. The van der Waals surface area contributed by atoms with E-state index in [9.17, 15) is 29.7 Å². The quantitative estimate of drug-likeness (QED) is 0.0828. The first-order chi connectivity index (χ1) is 28.3. The van der Waals surface area contributed by atoms with Crippen LogP contribution in [0.2, 0.25) is 0 Å². The van der Waals surface area contributed by atoms with E-state index in [0.29, 0.717) is 48.5 Å². The Hall–Kier alpha value is -4.50. The van der Waals surface area contributed by atoms with Crippen molar-refractivity contribution in [3.05, 3.63) is 101 Å². The average Bonchev–Trinajstić information content (AvgIpc) is 4.02. The number of benzene rings is 3. The Kier molecular flexibility index (Phi) is 15.4. The van der Waals surface area contributed by atoms with E-state index >= 15 is 13.2 Å². The third kappa shape index (κ3) is 12.5. The molecule has 14 heteroatoms. The summed E-state index contributed by atoms with van der Waals surface area (Å²) in [6.45, 7) is 3.80. The number of carboxylic acid groups (broad SMARTS) is 3. The highest BCUT2D eigenvalue weighted by Crippen LogP contribution is 2.32. The Labute approximate surface area is 343 Å². The Bertz CT molecular complexity index is 1860. The van der Waals surface area contributed by atoms with Gasteiger partial charge in [-0.2, -0.15) is 13.2 Å². The van der Waals surface area contributed by atoms with Gasteiger partial charge in [0.1, 0.15) is 18.4 Å². The zero-order valence-corrected chi connectivity index (χ0v) is 33.3. The fourth-order valence-electron chi connectivity index (χ4n) is 9.23. The summed E-state index contributed by atoms with van der Waals surface area (Å²) in [5.41, 5.74) is 3.23. The minimum absolute atomic E-state index is 0.00190. The van der Waals surface area contributed by atoms with Crippen LogP contribution in [0.4, 0.5) is 13.2 Å². The molecule has 3 aliphatic rings. The second-order valence-electron chi connectivity index (χ2n) is 16.6. The lowest BCUT2D eigenvalue weighted by molar-refractivity contribution is -0.186. The van der Waals surface area contributed by atoms with Gasteiger partial charge in [-0.1, -0.05) is 60.7 Å². The molecule has 0 spiro atoms. The van der Waals surface area contributed by atoms with Crippen LogP contribution in [0.1, 0.15) is 47.1 Å². The molecule has 0 bridgehead atoms. The van der Waals surface area contributed by atoms with Crippen LogP contribution in [-0.4, -0.2) is 103 Å². The van der Waals surface area contributed by atoms with Crippen LogP contribution in [0.5, 0.6) is 5.75 Å². The Morgan fingerprint density at radius 3 is 1.46 bits per heavy atom. The molecule has 6 rings (SSSR count). The van der Waals surface area contributed by atoms with Crippen LogP contribution in [-0.2, 0) is 46.6 Å². The molecule has 1 unspecified atom stereocenters. The van der Waals surface area contributed by atoms with Gasteiger partial charge in [0.15, 0.2) is 0 Å². The van der Waals surface area contributed by atoms with Gasteiger partial charge in [0.2, 0.25) is 0 Å². The molecule has 0 amide bonds. The summed E-state index contributed by atoms with van der Waals surface area (Å²) in [4.78, 5) is 38.0. The number of nitrogens with one attached hydrogen (secondary N) is 3. The molecule has 0 saturated carbocycles. The highest BCUT2D eigenvalue weighted by molar-refractivity contribution is 5.72. The standard InChI is InChI=1S/C45H57F3N4O7/c46-45(47,48)41(24-31-6-1-4-29(18-31)21-38(42(53)54)34-10-13-49-25-34)52(28-33-8-2-5-30(19-33)22-39(43(55)56)35-11-14-50-26-35)16-17-59-37-9-3-7-32(20-37)23-40(44(57)58)36-12-15-51-27-36/h1-9,18-20,34-36,38-41,49-51H,10-17,21-28H2,(H,53,54)(H,55,56)(H,57,58)/t34-,35-,36-,38-,39-,40-,41?/m0/s1. The van der Waals surface area contributed by atoms with Gasteiger partial charge in [-0.3, -0.25) is 19.3 Å². The Morgan fingerprint density at radius 1 is 0.627 bits per heavy atom. The smallest absolute Gasteiger partial charge is 0.404 e. The van der Waals surface area contributed by atoms with Gasteiger partial charge in [-0.25, -0.2) is 0 Å². The zero-order valence-electron chi connectivity index (χ0n) is 33.3. The summed E-state index contributed by atoms with van der Waals surface area (Å²) in [5.74, 6) is -4.20. The van der Waals surface area contributed by atoms with Crippen LogP contribution in [0.25, 0.3) is 0 Å². The van der Waals surface area contributed by atoms with Crippen molar-refractivity contribution in [3.8, 4) is 5.75 Å². The molecule has 0 aromatic heterocycles. The van der Waals surface area contributed by atoms with Gasteiger partial charge in [0, 0.05) is 13.1 Å². The SMILES string of the molecule is O=C(O)[C@@H](Cc1cccc(CC(N(CCOc2cccc(C[C@H](C(=O)O)[C@H]3CCNC3)c2)Cc2cccc(C[C@H](C(=O)O)[C@H]3CCNC3)c2)C(F)(F)F)c1)[C@H]1CCNC1. The first-order valence-electron chi connectivity index (χ1n) is 20.8. The monoisotopic (exact) mass is 822 g/mol. The Morgan fingerprint density at radius 2 is 1.03 bits per heavy atom. The van der Waals surface area contributed by atoms with Crippen LogP contribution in [0.15, 0.2) is 72.8 Å². The molecule has 3 saturated heterocycles. The molecule has 59 heavy (non-hydrogen) atoms. The molecule has 3 aromatic carbocycles. The van der Waals surface area contributed by atoms with E-state index in [0.717, 1.165) is 50.0 Å². The summed E-state index contributed by atoms with van der Waals surface area (Å²) >= 11 is 0. The highest BCUT2D eigenvalue weighted by atomic mass is 19.4. The average molecular weight is 823 g/mol. The molecule has 0 radical (unpaired) electrons. The molecule has 3 heterocycles. The number of rotatable bonds is 21. The van der Waals surface area contributed by atoms with Gasteiger partial charge >= 0.3 is 24.1 Å². The Balaban J connectivity index is 1.22. The highest BCUT2D eigenvalue weighted by Gasteiger charge is 2.44. The van der Waals surface area contributed by atoms with E-state index in [-0.39, 0.29) is 56.7 Å². The van der Waals surface area contributed by atoms with E-state index in [1.807, 2.05) is 12.1 Å². The number of ether oxygens (including phenoxy) is 1. The lowest BCUT2D eigenvalue weighted by Crippen LogP contribution is -2.48. The predicted octanol–water partition coefficient (Wildman–Crippen LogP) is 5.30. The number of carbonyl (C=O) groups is 3. The first kappa shape index (κ1) is 44.1. The summed E-state index contributed by atoms with van der Waals surface area (Å²) < 4.78 is 52.0. The van der Waals surface area contributed by atoms with Gasteiger partial charge in [-0.05, 0) is 142 Å². The maximum absolute atomic E-state index is 15.3. The van der Waals surface area contributed by atoms with Crippen LogP contribution in [0, 0.1) is 35.5 Å². The fraction of sp³-hybridized carbons (Fsp3) is 0.533. The molecule has 6 N–H and O–H groups in total. The molecule has 3 fully saturated rings.